The average Bonchev–Trinajstić information content (AvgIpc) is 2.99. The van der Waals surface area contributed by atoms with Crippen molar-refractivity contribution in [3.63, 3.8) is 0 Å². The first-order valence-corrected chi connectivity index (χ1v) is 9.89. The molecule has 2 aromatic carbocycles. The summed E-state index contributed by atoms with van der Waals surface area (Å²) >= 11 is 0. The van der Waals surface area contributed by atoms with Gasteiger partial charge < -0.3 is 15.5 Å². The van der Waals surface area contributed by atoms with Gasteiger partial charge in [0.25, 0.3) is 0 Å². The molecule has 0 aliphatic heterocycles. The molecule has 0 unspecified atom stereocenters. The standard InChI is InChI=1S/C24H30N2O2/c1-6-28-23(27)24(4,5)18-7-8-21-20(14-18)19(9-10-25)22(26-21)17-12-15(2)11-16(3)13-17/h7-8,11-14,26H,6,9-10,25H2,1-5H3. The number of fused-ring (bicyclic) bond motifs is 1. The van der Waals surface area contributed by atoms with Crippen molar-refractivity contribution in [2.45, 2.75) is 46.5 Å². The third-order valence-corrected chi connectivity index (χ3v) is 5.32. The van der Waals surface area contributed by atoms with E-state index in [0.29, 0.717) is 13.2 Å². The van der Waals surface area contributed by atoms with Crippen molar-refractivity contribution in [1.29, 1.82) is 0 Å². The maximum absolute atomic E-state index is 12.5. The van der Waals surface area contributed by atoms with Gasteiger partial charge in [0, 0.05) is 16.6 Å². The van der Waals surface area contributed by atoms with E-state index in [-0.39, 0.29) is 5.97 Å². The highest BCUT2D eigenvalue weighted by molar-refractivity contribution is 5.93. The van der Waals surface area contributed by atoms with Gasteiger partial charge in [0.1, 0.15) is 0 Å². The normalized spacial score (nSPS) is 11.8. The van der Waals surface area contributed by atoms with E-state index in [4.69, 9.17) is 10.5 Å². The molecule has 3 rings (SSSR count). The Balaban J connectivity index is 2.18. The number of hydrogen-bond acceptors (Lipinski definition) is 3. The molecule has 0 spiro atoms. The number of nitrogens with two attached hydrogens (primary N) is 1. The maximum atomic E-state index is 12.5. The molecule has 0 amide bonds. The fraction of sp³-hybridized carbons (Fsp3) is 0.375. The second kappa shape index (κ2) is 7.80. The molecule has 148 valence electrons. The lowest BCUT2D eigenvalue weighted by molar-refractivity contribution is -0.148. The summed E-state index contributed by atoms with van der Waals surface area (Å²) in [6.45, 7) is 10.8. The molecule has 3 N–H and O–H groups in total. The van der Waals surface area contributed by atoms with Gasteiger partial charge in [0.15, 0.2) is 0 Å². The summed E-state index contributed by atoms with van der Waals surface area (Å²) in [4.78, 5) is 16.0. The maximum Gasteiger partial charge on any atom is 0.315 e. The quantitative estimate of drug-likeness (QED) is 0.606. The van der Waals surface area contributed by atoms with Gasteiger partial charge in [0.2, 0.25) is 0 Å². The summed E-state index contributed by atoms with van der Waals surface area (Å²) in [5.41, 5.74) is 13.2. The number of rotatable bonds is 6. The first-order chi connectivity index (χ1) is 13.3. The lowest BCUT2D eigenvalue weighted by Gasteiger charge is -2.23. The molecular formula is C24H30N2O2. The first kappa shape index (κ1) is 20.2. The van der Waals surface area contributed by atoms with E-state index in [1.165, 1.54) is 22.3 Å². The van der Waals surface area contributed by atoms with E-state index in [0.717, 1.165) is 28.6 Å². The summed E-state index contributed by atoms with van der Waals surface area (Å²) in [6.07, 6.45) is 0.769. The molecule has 0 fully saturated rings. The number of H-pyrrole nitrogens is 1. The molecule has 1 heterocycles. The average molecular weight is 379 g/mol. The number of carbonyl (C=O) groups excluding carboxylic acids is 1. The van der Waals surface area contributed by atoms with Crippen LogP contribution in [0.3, 0.4) is 0 Å². The van der Waals surface area contributed by atoms with Gasteiger partial charge in [-0.25, -0.2) is 0 Å². The van der Waals surface area contributed by atoms with E-state index in [1.54, 1.807) is 0 Å². The Hall–Kier alpha value is -2.59. The Bertz CT molecular complexity index is 995. The predicted octanol–water partition coefficient (Wildman–Crippen LogP) is 4.79. The molecule has 28 heavy (non-hydrogen) atoms. The highest BCUT2D eigenvalue weighted by atomic mass is 16.5. The number of aryl methyl sites for hydroxylation is 2. The van der Waals surface area contributed by atoms with E-state index >= 15 is 0 Å². The summed E-state index contributed by atoms with van der Waals surface area (Å²) < 4.78 is 5.29. The highest BCUT2D eigenvalue weighted by Gasteiger charge is 2.32. The topological polar surface area (TPSA) is 68.1 Å². The predicted molar refractivity (Wildman–Crippen MR) is 116 cm³/mol. The zero-order chi connectivity index (χ0) is 20.5. The molecule has 0 aliphatic carbocycles. The van der Waals surface area contributed by atoms with Crippen LogP contribution in [0, 0.1) is 13.8 Å². The number of carbonyl (C=O) groups is 1. The fourth-order valence-corrected chi connectivity index (χ4v) is 3.84. The van der Waals surface area contributed by atoms with Crippen molar-refractivity contribution in [2.24, 2.45) is 5.73 Å². The van der Waals surface area contributed by atoms with Crippen LogP contribution in [0.15, 0.2) is 36.4 Å². The van der Waals surface area contributed by atoms with Crippen LogP contribution in [0.1, 0.15) is 43.0 Å². The van der Waals surface area contributed by atoms with Crippen LogP contribution in [-0.4, -0.2) is 24.1 Å². The number of aromatic nitrogens is 1. The van der Waals surface area contributed by atoms with E-state index in [1.807, 2.05) is 26.8 Å². The smallest absolute Gasteiger partial charge is 0.315 e. The van der Waals surface area contributed by atoms with Gasteiger partial charge in [0.05, 0.1) is 12.0 Å². The number of aromatic amines is 1. The van der Waals surface area contributed by atoms with Crippen LogP contribution >= 0.6 is 0 Å². The second-order valence-corrected chi connectivity index (χ2v) is 8.00. The van der Waals surface area contributed by atoms with Crippen LogP contribution in [0.5, 0.6) is 0 Å². The van der Waals surface area contributed by atoms with Crippen molar-refractivity contribution in [1.82, 2.24) is 4.98 Å². The van der Waals surface area contributed by atoms with Crippen molar-refractivity contribution in [2.75, 3.05) is 13.2 Å². The van der Waals surface area contributed by atoms with Crippen molar-refractivity contribution in [3.8, 4) is 11.3 Å². The molecule has 0 saturated heterocycles. The van der Waals surface area contributed by atoms with Crippen molar-refractivity contribution in [3.05, 3.63) is 58.7 Å². The van der Waals surface area contributed by atoms with Crippen LogP contribution in [-0.2, 0) is 21.4 Å². The largest absolute Gasteiger partial charge is 0.465 e. The summed E-state index contributed by atoms with van der Waals surface area (Å²) in [6, 6.07) is 12.7. The second-order valence-electron chi connectivity index (χ2n) is 8.00. The molecule has 4 heteroatoms. The molecule has 0 bridgehead atoms. The van der Waals surface area contributed by atoms with Gasteiger partial charge in [-0.15, -0.1) is 0 Å². The monoisotopic (exact) mass is 378 g/mol. The Morgan fingerprint density at radius 1 is 1.11 bits per heavy atom. The molecular weight excluding hydrogens is 348 g/mol. The number of benzene rings is 2. The molecule has 0 saturated carbocycles. The number of hydrogen-bond donors (Lipinski definition) is 2. The molecule has 1 aromatic heterocycles. The zero-order valence-electron chi connectivity index (χ0n) is 17.5. The van der Waals surface area contributed by atoms with Gasteiger partial charge >= 0.3 is 5.97 Å². The summed E-state index contributed by atoms with van der Waals surface area (Å²) in [5, 5.41) is 1.12. The highest BCUT2D eigenvalue weighted by Crippen LogP contribution is 2.35. The molecule has 4 nitrogen and oxygen atoms in total. The Kier molecular flexibility index (Phi) is 5.61. The van der Waals surface area contributed by atoms with Gasteiger partial charge in [-0.3, -0.25) is 4.79 Å². The minimum Gasteiger partial charge on any atom is -0.465 e. The molecule has 0 aliphatic rings. The van der Waals surface area contributed by atoms with Gasteiger partial charge in [-0.05, 0) is 88.5 Å². The first-order valence-electron chi connectivity index (χ1n) is 9.89. The van der Waals surface area contributed by atoms with Gasteiger partial charge in [-0.2, -0.15) is 0 Å². The summed E-state index contributed by atoms with van der Waals surface area (Å²) in [5.74, 6) is -0.209. The lowest BCUT2D eigenvalue weighted by Crippen LogP contribution is -2.31. The minimum absolute atomic E-state index is 0.209. The fourth-order valence-electron chi connectivity index (χ4n) is 3.84. The third kappa shape index (κ3) is 3.69. The Labute approximate surface area is 167 Å². The molecule has 0 radical (unpaired) electrons. The molecule has 0 atom stereocenters. The third-order valence-electron chi connectivity index (χ3n) is 5.32. The van der Waals surface area contributed by atoms with E-state index in [2.05, 4.69) is 49.2 Å². The number of ether oxygens (including phenoxy) is 1. The van der Waals surface area contributed by atoms with Crippen LogP contribution < -0.4 is 5.73 Å². The minimum atomic E-state index is -0.707. The Morgan fingerprint density at radius 2 is 1.79 bits per heavy atom. The van der Waals surface area contributed by atoms with E-state index in [9.17, 15) is 4.79 Å². The zero-order valence-corrected chi connectivity index (χ0v) is 17.5. The van der Waals surface area contributed by atoms with Crippen LogP contribution in [0.25, 0.3) is 22.2 Å². The van der Waals surface area contributed by atoms with Gasteiger partial charge in [-0.1, -0.05) is 23.3 Å². The Morgan fingerprint density at radius 3 is 2.39 bits per heavy atom. The summed E-state index contributed by atoms with van der Waals surface area (Å²) in [7, 11) is 0. The van der Waals surface area contributed by atoms with Crippen molar-refractivity contribution < 1.29 is 9.53 Å². The lowest BCUT2D eigenvalue weighted by atomic mass is 9.83. The van der Waals surface area contributed by atoms with E-state index < -0.39 is 5.41 Å². The number of esters is 1. The molecule has 3 aromatic rings. The number of nitrogens with one attached hydrogen (secondary N) is 1. The SMILES string of the molecule is CCOC(=O)C(C)(C)c1ccc2[nH]c(-c3cc(C)cc(C)c3)c(CCN)c2c1. The van der Waals surface area contributed by atoms with Crippen LogP contribution in [0.4, 0.5) is 0 Å². The van der Waals surface area contributed by atoms with Crippen molar-refractivity contribution >= 4 is 16.9 Å². The van der Waals surface area contributed by atoms with Crippen LogP contribution in [0.2, 0.25) is 0 Å².